The van der Waals surface area contributed by atoms with Crippen LogP contribution < -0.4 is 0 Å². The molecule has 0 heterocycles. The van der Waals surface area contributed by atoms with Gasteiger partial charge in [0.1, 0.15) is 5.82 Å². The van der Waals surface area contributed by atoms with Gasteiger partial charge in [0.25, 0.3) is 5.69 Å². The molecule has 0 amide bonds. The van der Waals surface area contributed by atoms with Crippen LogP contribution in [0.15, 0.2) is 48.5 Å². The predicted octanol–water partition coefficient (Wildman–Crippen LogP) is 3.55. The molecule has 0 saturated heterocycles. The van der Waals surface area contributed by atoms with Gasteiger partial charge in [-0.1, -0.05) is 0 Å². The van der Waals surface area contributed by atoms with Crippen molar-refractivity contribution in [3.8, 4) is 0 Å². The molecule has 0 aliphatic rings. The lowest BCUT2D eigenvalue weighted by atomic mass is 10.1. The van der Waals surface area contributed by atoms with Crippen LogP contribution in [-0.4, -0.2) is 23.3 Å². The van der Waals surface area contributed by atoms with Gasteiger partial charge in [0.2, 0.25) is 0 Å². The summed E-state index contributed by atoms with van der Waals surface area (Å²) in [6, 6.07) is 10.3. The lowest BCUT2D eigenvalue weighted by Gasteiger charge is -2.05. The number of nitro benzene ring substituents is 1. The Hall–Kier alpha value is -3.09. The molecular formula is C17H14FNO5. The molecule has 0 fully saturated rings. The number of Topliss-reactive ketones (excluding diaryl/α,β-unsaturated/α-hetero) is 1. The summed E-state index contributed by atoms with van der Waals surface area (Å²) in [4.78, 5) is 33.6. The van der Waals surface area contributed by atoms with Crippen molar-refractivity contribution < 1.29 is 23.6 Å². The van der Waals surface area contributed by atoms with Gasteiger partial charge in [0, 0.05) is 24.1 Å². The van der Waals surface area contributed by atoms with E-state index < -0.39 is 16.7 Å². The molecule has 0 bridgehead atoms. The molecule has 24 heavy (non-hydrogen) atoms. The average molecular weight is 331 g/mol. The molecule has 0 aliphatic heterocycles. The SMILES string of the molecule is O=C(CCCOC(=O)c1ccc([N+](=O)[O-])cc1)c1ccc(F)cc1. The molecule has 0 N–H and O–H groups in total. The normalized spacial score (nSPS) is 10.2. The zero-order chi connectivity index (χ0) is 17.5. The van der Waals surface area contributed by atoms with Crippen molar-refractivity contribution in [2.24, 2.45) is 0 Å². The third kappa shape index (κ3) is 4.70. The van der Waals surface area contributed by atoms with E-state index in [1.165, 1.54) is 48.5 Å². The van der Waals surface area contributed by atoms with Crippen molar-refractivity contribution in [2.45, 2.75) is 12.8 Å². The van der Waals surface area contributed by atoms with E-state index in [1.807, 2.05) is 0 Å². The Balaban J connectivity index is 1.77. The molecule has 0 spiro atoms. The molecule has 2 rings (SSSR count). The number of carbonyl (C=O) groups is 2. The number of carbonyl (C=O) groups excluding carboxylic acids is 2. The lowest BCUT2D eigenvalue weighted by Crippen LogP contribution is -2.08. The molecule has 0 aliphatic carbocycles. The van der Waals surface area contributed by atoms with E-state index >= 15 is 0 Å². The van der Waals surface area contributed by atoms with Crippen molar-refractivity contribution >= 4 is 17.4 Å². The molecule has 0 radical (unpaired) electrons. The smallest absolute Gasteiger partial charge is 0.338 e. The number of hydrogen-bond donors (Lipinski definition) is 0. The molecule has 2 aromatic carbocycles. The van der Waals surface area contributed by atoms with Crippen LogP contribution in [0.25, 0.3) is 0 Å². The summed E-state index contributed by atoms with van der Waals surface area (Å²) < 4.78 is 17.8. The van der Waals surface area contributed by atoms with Crippen LogP contribution in [0.1, 0.15) is 33.6 Å². The van der Waals surface area contributed by atoms with Crippen LogP contribution in [0, 0.1) is 15.9 Å². The second kappa shape index (κ2) is 7.96. The van der Waals surface area contributed by atoms with Crippen LogP contribution in [0.4, 0.5) is 10.1 Å². The standard InChI is InChI=1S/C17H14FNO5/c18-14-7-3-12(4-8-14)16(20)2-1-11-24-17(21)13-5-9-15(10-6-13)19(22)23/h3-10H,1-2,11H2. The first-order valence-corrected chi connectivity index (χ1v) is 7.18. The fourth-order valence-corrected chi connectivity index (χ4v) is 1.98. The Morgan fingerprint density at radius 3 is 2.17 bits per heavy atom. The third-order valence-corrected chi connectivity index (χ3v) is 3.26. The second-order valence-electron chi connectivity index (χ2n) is 4.97. The largest absolute Gasteiger partial charge is 0.462 e. The van der Waals surface area contributed by atoms with Gasteiger partial charge in [-0.05, 0) is 42.8 Å². The van der Waals surface area contributed by atoms with Crippen LogP contribution in [0.5, 0.6) is 0 Å². The van der Waals surface area contributed by atoms with E-state index in [-0.39, 0.29) is 30.1 Å². The molecule has 124 valence electrons. The van der Waals surface area contributed by atoms with Crippen LogP contribution in [0.2, 0.25) is 0 Å². The highest BCUT2D eigenvalue weighted by Crippen LogP contribution is 2.13. The molecular weight excluding hydrogens is 317 g/mol. The average Bonchev–Trinajstić information content (AvgIpc) is 2.59. The molecule has 2 aromatic rings. The van der Waals surface area contributed by atoms with Gasteiger partial charge in [-0.15, -0.1) is 0 Å². The van der Waals surface area contributed by atoms with E-state index in [0.717, 1.165) is 0 Å². The second-order valence-corrected chi connectivity index (χ2v) is 4.97. The Morgan fingerprint density at radius 2 is 1.58 bits per heavy atom. The zero-order valence-electron chi connectivity index (χ0n) is 12.6. The fraction of sp³-hybridized carbons (Fsp3) is 0.176. The van der Waals surface area contributed by atoms with Gasteiger partial charge in [0.05, 0.1) is 17.1 Å². The van der Waals surface area contributed by atoms with Gasteiger partial charge in [-0.3, -0.25) is 14.9 Å². The molecule has 0 saturated carbocycles. The molecule has 0 aromatic heterocycles. The number of esters is 1. The van der Waals surface area contributed by atoms with E-state index in [1.54, 1.807) is 0 Å². The van der Waals surface area contributed by atoms with Gasteiger partial charge in [-0.25, -0.2) is 9.18 Å². The Kier molecular flexibility index (Phi) is 5.73. The monoisotopic (exact) mass is 331 g/mol. The van der Waals surface area contributed by atoms with Gasteiger partial charge in [0.15, 0.2) is 5.78 Å². The number of nitrogens with zero attached hydrogens (tertiary/aromatic N) is 1. The summed E-state index contributed by atoms with van der Waals surface area (Å²) in [5.41, 5.74) is 0.486. The van der Waals surface area contributed by atoms with Crippen molar-refractivity contribution in [2.75, 3.05) is 6.61 Å². The highest BCUT2D eigenvalue weighted by molar-refractivity contribution is 5.96. The number of benzene rings is 2. The molecule has 0 atom stereocenters. The van der Waals surface area contributed by atoms with Crippen molar-refractivity contribution in [3.05, 3.63) is 75.6 Å². The number of ether oxygens (including phenoxy) is 1. The van der Waals surface area contributed by atoms with E-state index in [2.05, 4.69) is 0 Å². The van der Waals surface area contributed by atoms with Crippen molar-refractivity contribution in [1.82, 2.24) is 0 Å². The topological polar surface area (TPSA) is 86.5 Å². The van der Waals surface area contributed by atoms with E-state index in [0.29, 0.717) is 12.0 Å². The summed E-state index contributed by atoms with van der Waals surface area (Å²) in [5.74, 6) is -1.19. The summed E-state index contributed by atoms with van der Waals surface area (Å²) >= 11 is 0. The summed E-state index contributed by atoms with van der Waals surface area (Å²) in [7, 11) is 0. The number of non-ortho nitro benzene ring substituents is 1. The van der Waals surface area contributed by atoms with Crippen molar-refractivity contribution in [1.29, 1.82) is 0 Å². The number of nitro groups is 1. The summed E-state index contributed by atoms with van der Waals surface area (Å²) in [5, 5.41) is 10.5. The number of hydrogen-bond acceptors (Lipinski definition) is 5. The Labute approximate surface area is 137 Å². The van der Waals surface area contributed by atoms with E-state index in [9.17, 15) is 24.1 Å². The predicted molar refractivity (Wildman–Crippen MR) is 83.3 cm³/mol. The first-order valence-electron chi connectivity index (χ1n) is 7.18. The number of halogens is 1. The Morgan fingerprint density at radius 1 is 1.00 bits per heavy atom. The maximum absolute atomic E-state index is 12.8. The highest BCUT2D eigenvalue weighted by atomic mass is 19.1. The quantitative estimate of drug-likeness (QED) is 0.254. The van der Waals surface area contributed by atoms with Crippen LogP contribution >= 0.6 is 0 Å². The minimum Gasteiger partial charge on any atom is -0.462 e. The number of ketones is 1. The summed E-state index contributed by atoms with van der Waals surface area (Å²) in [6.45, 7) is 0.0444. The first-order chi connectivity index (χ1) is 11.5. The fourth-order valence-electron chi connectivity index (χ4n) is 1.98. The first kappa shape index (κ1) is 17.3. The maximum Gasteiger partial charge on any atom is 0.338 e. The maximum atomic E-state index is 12.8. The van der Waals surface area contributed by atoms with Gasteiger partial charge >= 0.3 is 5.97 Å². The highest BCUT2D eigenvalue weighted by Gasteiger charge is 2.11. The van der Waals surface area contributed by atoms with Crippen molar-refractivity contribution in [3.63, 3.8) is 0 Å². The zero-order valence-corrected chi connectivity index (χ0v) is 12.6. The molecule has 0 unspecified atom stereocenters. The van der Waals surface area contributed by atoms with Crippen LogP contribution in [0.3, 0.4) is 0 Å². The van der Waals surface area contributed by atoms with Crippen LogP contribution in [-0.2, 0) is 4.74 Å². The minimum atomic E-state index is -0.612. The van der Waals surface area contributed by atoms with Gasteiger partial charge in [-0.2, -0.15) is 0 Å². The molecule has 6 nitrogen and oxygen atoms in total. The molecule has 7 heteroatoms. The lowest BCUT2D eigenvalue weighted by molar-refractivity contribution is -0.384. The third-order valence-electron chi connectivity index (χ3n) is 3.26. The number of rotatable bonds is 7. The van der Waals surface area contributed by atoms with Gasteiger partial charge < -0.3 is 4.74 Å². The minimum absolute atomic E-state index is 0.0444. The summed E-state index contributed by atoms with van der Waals surface area (Å²) in [6.07, 6.45) is 0.494. The van der Waals surface area contributed by atoms with E-state index in [4.69, 9.17) is 4.74 Å². The Bertz CT molecular complexity index is 741.